The molecule has 0 aromatic heterocycles. The van der Waals surface area contributed by atoms with Gasteiger partial charge in [-0.25, -0.2) is 0 Å². The molecule has 0 amide bonds. The van der Waals surface area contributed by atoms with Gasteiger partial charge in [0.2, 0.25) is 0 Å². The van der Waals surface area contributed by atoms with E-state index in [0.717, 1.165) is 33.4 Å². The number of methoxy groups -OCH3 is 2. The Labute approximate surface area is 129 Å². The fourth-order valence-electron chi connectivity index (χ4n) is 3.93. The molecule has 0 heterocycles. The molecule has 2 aliphatic carbocycles. The molecule has 4 heteroatoms. The summed E-state index contributed by atoms with van der Waals surface area (Å²) >= 11 is 3.50. The zero-order chi connectivity index (χ0) is 14.3. The van der Waals surface area contributed by atoms with Gasteiger partial charge in [0.05, 0.1) is 18.7 Å². The molecular weight excluding hydrogens is 318 g/mol. The second-order valence-electron chi connectivity index (χ2n) is 5.94. The van der Waals surface area contributed by atoms with Crippen LogP contribution in [0.1, 0.15) is 37.3 Å². The fraction of sp³-hybridized carbons (Fsp3) is 0.625. The Kier molecular flexibility index (Phi) is 3.95. The van der Waals surface area contributed by atoms with Gasteiger partial charge in [0, 0.05) is 11.6 Å². The minimum Gasteiger partial charge on any atom is -0.496 e. The predicted octanol–water partition coefficient (Wildman–Crippen LogP) is 3.90. The summed E-state index contributed by atoms with van der Waals surface area (Å²) in [6, 6.07) is 4.04. The standard InChI is InChI=1S/C16H22BrNO2/c1-19-13-8-12(17)14(20-2)7-11(13)16(18)15-9-5-3-4-6-10(9)15/h7-10,15-16H,3-6,18H2,1-2H3. The number of hydrogen-bond donors (Lipinski definition) is 1. The summed E-state index contributed by atoms with van der Waals surface area (Å²) in [6.45, 7) is 0. The van der Waals surface area contributed by atoms with Gasteiger partial charge in [-0.3, -0.25) is 0 Å². The largest absolute Gasteiger partial charge is 0.496 e. The second-order valence-corrected chi connectivity index (χ2v) is 6.80. The minimum absolute atomic E-state index is 0.0556. The van der Waals surface area contributed by atoms with Crippen molar-refractivity contribution in [2.75, 3.05) is 14.2 Å². The van der Waals surface area contributed by atoms with E-state index in [4.69, 9.17) is 15.2 Å². The van der Waals surface area contributed by atoms with E-state index in [9.17, 15) is 0 Å². The van der Waals surface area contributed by atoms with Crippen LogP contribution in [0.2, 0.25) is 0 Å². The Morgan fingerprint density at radius 3 is 2.25 bits per heavy atom. The number of ether oxygens (including phenoxy) is 2. The Bertz CT molecular complexity index is 493. The summed E-state index contributed by atoms with van der Waals surface area (Å²) in [7, 11) is 3.38. The lowest BCUT2D eigenvalue weighted by Crippen LogP contribution is -2.15. The summed E-state index contributed by atoms with van der Waals surface area (Å²) in [5, 5.41) is 0. The van der Waals surface area contributed by atoms with E-state index >= 15 is 0 Å². The first-order valence-electron chi connectivity index (χ1n) is 7.34. The van der Waals surface area contributed by atoms with Gasteiger partial charge < -0.3 is 15.2 Å². The summed E-state index contributed by atoms with van der Waals surface area (Å²) in [5.41, 5.74) is 7.64. The van der Waals surface area contributed by atoms with E-state index in [1.165, 1.54) is 25.7 Å². The molecule has 3 atom stereocenters. The molecule has 0 saturated heterocycles. The van der Waals surface area contributed by atoms with Crippen LogP contribution < -0.4 is 15.2 Å². The van der Waals surface area contributed by atoms with Crippen LogP contribution in [0.5, 0.6) is 11.5 Å². The lowest BCUT2D eigenvalue weighted by molar-refractivity contribution is 0.389. The van der Waals surface area contributed by atoms with E-state index in [-0.39, 0.29) is 6.04 Å². The van der Waals surface area contributed by atoms with Crippen molar-refractivity contribution in [2.24, 2.45) is 23.5 Å². The highest BCUT2D eigenvalue weighted by Gasteiger charge is 2.53. The summed E-state index contributed by atoms with van der Waals surface area (Å²) in [4.78, 5) is 0. The average molecular weight is 340 g/mol. The first kappa shape index (κ1) is 14.2. The molecule has 1 aromatic rings. The molecule has 1 aromatic carbocycles. The van der Waals surface area contributed by atoms with Crippen LogP contribution in [0.3, 0.4) is 0 Å². The highest BCUT2D eigenvalue weighted by Crippen LogP contribution is 2.60. The van der Waals surface area contributed by atoms with E-state index in [1.807, 2.05) is 12.1 Å². The van der Waals surface area contributed by atoms with Crippen LogP contribution in [-0.4, -0.2) is 14.2 Å². The summed E-state index contributed by atoms with van der Waals surface area (Å²) in [6.07, 6.45) is 5.42. The van der Waals surface area contributed by atoms with Crippen LogP contribution in [0.15, 0.2) is 16.6 Å². The lowest BCUT2D eigenvalue weighted by Gasteiger charge is -2.18. The van der Waals surface area contributed by atoms with E-state index in [1.54, 1.807) is 14.2 Å². The van der Waals surface area contributed by atoms with Gasteiger partial charge in [0.15, 0.2) is 0 Å². The van der Waals surface area contributed by atoms with Gasteiger partial charge in [0.1, 0.15) is 11.5 Å². The number of halogens is 1. The molecule has 0 bridgehead atoms. The molecule has 2 aliphatic rings. The van der Waals surface area contributed by atoms with E-state index in [0.29, 0.717) is 5.92 Å². The van der Waals surface area contributed by atoms with Gasteiger partial charge in [0.25, 0.3) is 0 Å². The quantitative estimate of drug-likeness (QED) is 0.904. The van der Waals surface area contributed by atoms with E-state index in [2.05, 4.69) is 15.9 Å². The molecule has 3 rings (SSSR count). The van der Waals surface area contributed by atoms with Crippen molar-refractivity contribution in [3.05, 3.63) is 22.2 Å². The highest BCUT2D eigenvalue weighted by molar-refractivity contribution is 9.10. The van der Waals surface area contributed by atoms with Gasteiger partial charge >= 0.3 is 0 Å². The van der Waals surface area contributed by atoms with Crippen LogP contribution in [0.25, 0.3) is 0 Å². The van der Waals surface area contributed by atoms with Crippen LogP contribution in [-0.2, 0) is 0 Å². The fourth-order valence-corrected chi connectivity index (χ4v) is 4.42. The molecule has 2 saturated carbocycles. The zero-order valence-electron chi connectivity index (χ0n) is 12.1. The third kappa shape index (κ3) is 2.33. The number of nitrogens with two attached hydrogens (primary N) is 1. The van der Waals surface area contributed by atoms with Gasteiger partial charge in [-0.1, -0.05) is 12.8 Å². The van der Waals surface area contributed by atoms with Crippen molar-refractivity contribution in [2.45, 2.75) is 31.7 Å². The molecule has 0 radical (unpaired) electrons. The first-order valence-corrected chi connectivity index (χ1v) is 8.13. The maximum absolute atomic E-state index is 6.56. The molecule has 0 aliphatic heterocycles. The molecular formula is C16H22BrNO2. The van der Waals surface area contributed by atoms with Crippen LogP contribution in [0.4, 0.5) is 0 Å². The van der Waals surface area contributed by atoms with Crippen molar-refractivity contribution >= 4 is 15.9 Å². The summed E-state index contributed by atoms with van der Waals surface area (Å²) in [5.74, 6) is 3.96. The Balaban J connectivity index is 1.88. The average Bonchev–Trinajstić information content (AvgIpc) is 3.20. The van der Waals surface area contributed by atoms with Gasteiger partial charge in [-0.05, 0) is 58.7 Å². The monoisotopic (exact) mass is 339 g/mol. The number of benzene rings is 1. The van der Waals surface area contributed by atoms with Crippen molar-refractivity contribution in [3.63, 3.8) is 0 Å². The van der Waals surface area contributed by atoms with Crippen LogP contribution in [0, 0.1) is 17.8 Å². The highest BCUT2D eigenvalue weighted by atomic mass is 79.9. The normalized spacial score (nSPS) is 29.5. The molecule has 3 nitrogen and oxygen atoms in total. The Morgan fingerprint density at radius 1 is 1.10 bits per heavy atom. The van der Waals surface area contributed by atoms with Crippen molar-refractivity contribution in [1.82, 2.24) is 0 Å². The third-order valence-corrected chi connectivity index (χ3v) is 5.62. The maximum atomic E-state index is 6.56. The van der Waals surface area contributed by atoms with Crippen molar-refractivity contribution < 1.29 is 9.47 Å². The lowest BCUT2D eigenvalue weighted by atomic mass is 9.99. The van der Waals surface area contributed by atoms with Crippen molar-refractivity contribution in [1.29, 1.82) is 0 Å². The SMILES string of the molecule is COc1cc(C(N)C2C3CCCCC32)c(OC)cc1Br. The molecule has 110 valence electrons. The van der Waals surface area contributed by atoms with Crippen LogP contribution >= 0.6 is 15.9 Å². The molecule has 20 heavy (non-hydrogen) atoms. The number of fused-ring (bicyclic) bond motifs is 1. The maximum Gasteiger partial charge on any atom is 0.133 e. The third-order valence-electron chi connectivity index (χ3n) is 5.00. The van der Waals surface area contributed by atoms with Gasteiger partial charge in [-0.2, -0.15) is 0 Å². The molecule has 3 unspecified atom stereocenters. The number of rotatable bonds is 4. The minimum atomic E-state index is 0.0556. The Hall–Kier alpha value is -0.740. The topological polar surface area (TPSA) is 44.5 Å². The molecule has 0 spiro atoms. The predicted molar refractivity (Wildman–Crippen MR) is 83.1 cm³/mol. The Morgan fingerprint density at radius 2 is 1.70 bits per heavy atom. The zero-order valence-corrected chi connectivity index (χ0v) is 13.7. The smallest absolute Gasteiger partial charge is 0.133 e. The molecule has 2 N–H and O–H groups in total. The number of hydrogen-bond acceptors (Lipinski definition) is 3. The summed E-state index contributed by atoms with van der Waals surface area (Å²) < 4.78 is 11.8. The first-order chi connectivity index (χ1) is 9.67. The van der Waals surface area contributed by atoms with E-state index < -0.39 is 0 Å². The molecule has 2 fully saturated rings. The van der Waals surface area contributed by atoms with Crippen molar-refractivity contribution in [3.8, 4) is 11.5 Å². The second kappa shape index (κ2) is 5.57. The van der Waals surface area contributed by atoms with Gasteiger partial charge in [-0.15, -0.1) is 0 Å².